The summed E-state index contributed by atoms with van der Waals surface area (Å²) in [6.45, 7) is 1.37. The first kappa shape index (κ1) is 16.9. The summed E-state index contributed by atoms with van der Waals surface area (Å²) < 4.78 is 4.78. The summed E-state index contributed by atoms with van der Waals surface area (Å²) in [7, 11) is 0. The Balaban J connectivity index is 1.77. The molecule has 0 unspecified atom stereocenters. The van der Waals surface area contributed by atoms with Gasteiger partial charge in [0.25, 0.3) is 5.91 Å². The van der Waals surface area contributed by atoms with E-state index in [2.05, 4.69) is 15.8 Å². The molecule has 1 aliphatic heterocycles. The zero-order chi connectivity index (χ0) is 16.8. The number of esters is 1. The van der Waals surface area contributed by atoms with Gasteiger partial charge < -0.3 is 4.74 Å². The van der Waals surface area contributed by atoms with E-state index in [-0.39, 0.29) is 12.3 Å². The van der Waals surface area contributed by atoms with Crippen molar-refractivity contribution in [1.82, 2.24) is 15.8 Å². The van der Waals surface area contributed by atoms with Gasteiger partial charge in [-0.2, -0.15) is 0 Å². The van der Waals surface area contributed by atoms with Crippen molar-refractivity contribution in [3.63, 3.8) is 0 Å². The van der Waals surface area contributed by atoms with E-state index >= 15 is 0 Å². The average Bonchev–Trinajstić information content (AvgIpc) is 3.11. The largest absolute Gasteiger partial charge is 0.455 e. The van der Waals surface area contributed by atoms with E-state index < -0.39 is 24.4 Å². The second-order valence-corrected chi connectivity index (χ2v) is 5.67. The quantitative estimate of drug-likeness (QED) is 0.552. The predicted octanol–water partition coefficient (Wildman–Crippen LogP) is -0.477. The van der Waals surface area contributed by atoms with Crippen LogP contribution in [0.25, 0.3) is 0 Å². The molecule has 3 amide bonds. The third-order valence-corrected chi connectivity index (χ3v) is 3.82. The monoisotopic (exact) mass is 340 g/mol. The lowest BCUT2D eigenvalue weighted by molar-refractivity contribution is -0.148. The summed E-state index contributed by atoms with van der Waals surface area (Å²) in [4.78, 5) is 50.9. The molecule has 2 heterocycles. The average molecular weight is 340 g/mol. The van der Waals surface area contributed by atoms with Crippen LogP contribution in [-0.4, -0.2) is 41.8 Å². The van der Waals surface area contributed by atoms with E-state index in [1.165, 1.54) is 18.3 Å². The minimum atomic E-state index is -0.643. The van der Waals surface area contributed by atoms with Gasteiger partial charge in [-0.15, -0.1) is 11.3 Å². The third kappa shape index (κ3) is 5.02. The number of hydrogen-bond donors (Lipinski definition) is 2. The number of hydrogen-bond acceptors (Lipinski definition) is 7. The van der Waals surface area contributed by atoms with Crippen molar-refractivity contribution < 1.29 is 23.9 Å². The first-order valence-corrected chi connectivity index (χ1v) is 7.79. The third-order valence-electron chi connectivity index (χ3n) is 2.91. The minimum absolute atomic E-state index is 0.0307. The van der Waals surface area contributed by atoms with E-state index in [4.69, 9.17) is 4.74 Å². The Hall–Kier alpha value is -2.49. The molecule has 0 radical (unpaired) electrons. The van der Waals surface area contributed by atoms with Gasteiger partial charge in [0, 0.05) is 25.3 Å². The molecule has 124 valence electrons. The highest BCUT2D eigenvalue weighted by Crippen LogP contribution is 2.25. The highest BCUT2D eigenvalue weighted by atomic mass is 32.1. The number of nitrogens with one attached hydrogen (secondary N) is 2. The van der Waals surface area contributed by atoms with Crippen LogP contribution >= 0.6 is 11.3 Å². The number of nitrogens with zero attached hydrogens (tertiary/aromatic N) is 2. The molecule has 0 saturated carbocycles. The van der Waals surface area contributed by atoms with E-state index in [0.29, 0.717) is 23.8 Å². The number of ether oxygens (including phenoxy) is 1. The molecule has 0 bridgehead atoms. The van der Waals surface area contributed by atoms with Crippen LogP contribution in [0.4, 0.5) is 5.13 Å². The lowest BCUT2D eigenvalue weighted by Gasteiger charge is -2.10. The number of carbonyl (C=O) groups is 4. The predicted molar refractivity (Wildman–Crippen MR) is 80.3 cm³/mol. The Labute approximate surface area is 136 Å². The Kier molecular flexibility index (Phi) is 5.63. The number of amides is 3. The maximum atomic E-state index is 11.6. The van der Waals surface area contributed by atoms with E-state index in [0.717, 1.165) is 6.42 Å². The van der Waals surface area contributed by atoms with Crippen LogP contribution in [0, 0.1) is 0 Å². The minimum Gasteiger partial charge on any atom is -0.455 e. The molecule has 10 heteroatoms. The number of rotatable bonds is 5. The highest BCUT2D eigenvalue weighted by Gasteiger charge is 2.24. The molecule has 23 heavy (non-hydrogen) atoms. The van der Waals surface area contributed by atoms with Crippen molar-refractivity contribution in [3.8, 4) is 0 Å². The fraction of sp³-hybridized carbons (Fsp3) is 0.462. The van der Waals surface area contributed by atoms with Crippen LogP contribution in [0.2, 0.25) is 0 Å². The Morgan fingerprint density at radius 1 is 1.39 bits per heavy atom. The molecule has 1 fully saturated rings. The zero-order valence-corrected chi connectivity index (χ0v) is 13.3. The van der Waals surface area contributed by atoms with E-state index in [1.807, 2.05) is 0 Å². The lowest BCUT2D eigenvalue weighted by Crippen LogP contribution is -2.42. The Bertz CT molecular complexity index is 630. The summed E-state index contributed by atoms with van der Waals surface area (Å²) >= 11 is 1.29. The smallest absolute Gasteiger partial charge is 0.312 e. The number of anilines is 1. The number of hydrazine groups is 1. The number of aromatic nitrogens is 1. The Morgan fingerprint density at radius 3 is 2.83 bits per heavy atom. The SMILES string of the molecule is CC(=O)NNC(=O)COC(=O)Cc1csc(N2CCCC2=O)n1. The maximum absolute atomic E-state index is 11.6. The molecule has 1 saturated heterocycles. The Morgan fingerprint density at radius 2 is 2.17 bits per heavy atom. The van der Waals surface area contributed by atoms with Crippen LogP contribution in [0.3, 0.4) is 0 Å². The van der Waals surface area contributed by atoms with E-state index in [9.17, 15) is 19.2 Å². The van der Waals surface area contributed by atoms with Crippen LogP contribution < -0.4 is 15.8 Å². The molecule has 1 aliphatic rings. The molecule has 0 spiro atoms. The maximum Gasteiger partial charge on any atom is 0.312 e. The summed E-state index contributed by atoms with van der Waals surface area (Å²) in [6, 6.07) is 0. The van der Waals surface area contributed by atoms with Crippen molar-refractivity contribution in [1.29, 1.82) is 0 Å². The normalized spacial score (nSPS) is 13.8. The van der Waals surface area contributed by atoms with Crippen LogP contribution in [0.1, 0.15) is 25.5 Å². The second-order valence-electron chi connectivity index (χ2n) is 4.84. The fourth-order valence-electron chi connectivity index (χ4n) is 1.89. The van der Waals surface area contributed by atoms with Gasteiger partial charge in [-0.3, -0.25) is 34.9 Å². The van der Waals surface area contributed by atoms with Gasteiger partial charge in [-0.1, -0.05) is 0 Å². The van der Waals surface area contributed by atoms with Crippen molar-refractivity contribution in [2.24, 2.45) is 0 Å². The van der Waals surface area contributed by atoms with Crippen LogP contribution in [0.15, 0.2) is 5.38 Å². The lowest BCUT2D eigenvalue weighted by atomic mass is 10.3. The number of thiazole rings is 1. The van der Waals surface area contributed by atoms with Crippen molar-refractivity contribution >= 4 is 40.2 Å². The topological polar surface area (TPSA) is 118 Å². The van der Waals surface area contributed by atoms with Gasteiger partial charge >= 0.3 is 5.97 Å². The van der Waals surface area contributed by atoms with Crippen LogP contribution in [-0.2, 0) is 30.3 Å². The van der Waals surface area contributed by atoms with Crippen molar-refractivity contribution in [3.05, 3.63) is 11.1 Å². The molecule has 2 rings (SSSR count). The molecular formula is C13H16N4O5S. The summed E-state index contributed by atoms with van der Waals surface area (Å²) in [5, 5.41) is 2.25. The number of carbonyl (C=O) groups excluding carboxylic acids is 4. The molecule has 9 nitrogen and oxygen atoms in total. The first-order chi connectivity index (χ1) is 11.0. The van der Waals surface area contributed by atoms with Gasteiger partial charge in [-0.25, -0.2) is 4.98 Å². The summed E-state index contributed by atoms with van der Waals surface area (Å²) in [5.74, 6) is -1.66. The van der Waals surface area contributed by atoms with Gasteiger partial charge in [-0.05, 0) is 6.42 Å². The van der Waals surface area contributed by atoms with E-state index in [1.54, 1.807) is 10.3 Å². The van der Waals surface area contributed by atoms with Gasteiger partial charge in [0.05, 0.1) is 12.1 Å². The molecule has 1 aromatic heterocycles. The summed E-state index contributed by atoms with van der Waals surface area (Å²) in [5.41, 5.74) is 4.64. The van der Waals surface area contributed by atoms with Crippen molar-refractivity contribution in [2.45, 2.75) is 26.2 Å². The first-order valence-electron chi connectivity index (χ1n) is 6.91. The highest BCUT2D eigenvalue weighted by molar-refractivity contribution is 7.14. The van der Waals surface area contributed by atoms with Gasteiger partial charge in [0.1, 0.15) is 0 Å². The van der Waals surface area contributed by atoms with Crippen molar-refractivity contribution in [2.75, 3.05) is 18.1 Å². The fourth-order valence-corrected chi connectivity index (χ4v) is 2.76. The van der Waals surface area contributed by atoms with Gasteiger partial charge in [0.2, 0.25) is 11.8 Å². The molecule has 0 aromatic carbocycles. The molecular weight excluding hydrogens is 324 g/mol. The van der Waals surface area contributed by atoms with Gasteiger partial charge in [0.15, 0.2) is 11.7 Å². The molecule has 2 N–H and O–H groups in total. The van der Waals surface area contributed by atoms with Crippen LogP contribution in [0.5, 0.6) is 0 Å². The zero-order valence-electron chi connectivity index (χ0n) is 12.5. The summed E-state index contributed by atoms with van der Waals surface area (Å²) in [6.07, 6.45) is 1.23. The second kappa shape index (κ2) is 7.68. The molecule has 0 aliphatic carbocycles. The molecule has 1 aromatic rings. The standard InChI is InChI=1S/C13H16N4O5S/c1-8(18)15-16-10(19)6-22-12(21)5-9-7-23-13(14-9)17-4-2-3-11(17)20/h7H,2-6H2,1H3,(H,15,18)(H,16,19). The molecule has 0 atom stereocenters.